The van der Waals surface area contributed by atoms with Gasteiger partial charge in [-0.15, -0.1) is 0 Å². The smallest absolute Gasteiger partial charge is 0.259 e. The maximum Gasteiger partial charge on any atom is 0.259 e. The van der Waals surface area contributed by atoms with Gasteiger partial charge in [0.05, 0.1) is 12.0 Å². The molecule has 0 unspecified atom stereocenters. The minimum absolute atomic E-state index is 0.142. The van der Waals surface area contributed by atoms with Crippen molar-refractivity contribution in [2.75, 3.05) is 5.75 Å². The number of thiocarbonyl (C=S) groups is 1. The lowest BCUT2D eigenvalue weighted by Crippen LogP contribution is -2.22. The lowest BCUT2D eigenvalue weighted by atomic mass is 10.1. The molecule has 1 heterocycles. The zero-order chi connectivity index (χ0) is 14.1. The fourth-order valence-corrected chi connectivity index (χ4v) is 2.92. The summed E-state index contributed by atoms with van der Waals surface area (Å²) in [5, 5.41) is 17.2. The van der Waals surface area contributed by atoms with Gasteiger partial charge in [0.15, 0.2) is 4.32 Å². The van der Waals surface area contributed by atoms with Crippen LogP contribution in [0.3, 0.4) is 0 Å². The molecule has 0 atom stereocenters. The van der Waals surface area contributed by atoms with Crippen molar-refractivity contribution in [1.82, 2.24) is 5.01 Å². The number of fused-ring (bicyclic) bond motifs is 1. The molecule has 1 N–H and O–H groups in total. The number of carbonyl (C=O) groups is 1. The van der Waals surface area contributed by atoms with Crippen molar-refractivity contribution in [2.24, 2.45) is 5.10 Å². The Morgan fingerprint density at radius 1 is 1.30 bits per heavy atom. The maximum absolute atomic E-state index is 11.5. The molecule has 1 amide bonds. The van der Waals surface area contributed by atoms with Crippen molar-refractivity contribution >= 4 is 51.2 Å². The molecule has 6 heteroatoms. The number of rotatable bonds is 2. The summed E-state index contributed by atoms with van der Waals surface area (Å²) in [5.74, 6) is 0.327. The van der Waals surface area contributed by atoms with Crippen LogP contribution in [0.1, 0.15) is 5.56 Å². The van der Waals surface area contributed by atoms with Crippen LogP contribution in [-0.4, -0.2) is 32.3 Å². The van der Waals surface area contributed by atoms with Crippen molar-refractivity contribution in [1.29, 1.82) is 0 Å². The van der Waals surface area contributed by atoms with E-state index in [-0.39, 0.29) is 11.7 Å². The third-order valence-corrected chi connectivity index (χ3v) is 4.31. The molecule has 0 saturated carbocycles. The first-order chi connectivity index (χ1) is 9.66. The number of amides is 1. The van der Waals surface area contributed by atoms with Gasteiger partial charge in [0.1, 0.15) is 5.75 Å². The van der Waals surface area contributed by atoms with E-state index in [9.17, 15) is 9.90 Å². The highest BCUT2D eigenvalue weighted by atomic mass is 32.2. The Kier molecular flexibility index (Phi) is 3.42. The van der Waals surface area contributed by atoms with Crippen LogP contribution in [0.4, 0.5) is 0 Å². The van der Waals surface area contributed by atoms with Gasteiger partial charge in [-0.3, -0.25) is 4.79 Å². The fourth-order valence-electron chi connectivity index (χ4n) is 1.96. The lowest BCUT2D eigenvalue weighted by molar-refractivity contribution is -0.123. The van der Waals surface area contributed by atoms with Crippen molar-refractivity contribution in [3.63, 3.8) is 0 Å². The maximum atomic E-state index is 11.5. The molecule has 0 aromatic heterocycles. The Morgan fingerprint density at radius 2 is 2.10 bits per heavy atom. The highest BCUT2D eigenvalue weighted by molar-refractivity contribution is 8.23. The van der Waals surface area contributed by atoms with E-state index in [1.54, 1.807) is 6.07 Å². The Bertz CT molecular complexity index is 727. The zero-order valence-electron chi connectivity index (χ0n) is 10.3. The molecule has 20 heavy (non-hydrogen) atoms. The van der Waals surface area contributed by atoms with Crippen LogP contribution in [0.5, 0.6) is 5.75 Å². The van der Waals surface area contributed by atoms with Gasteiger partial charge in [0, 0.05) is 10.9 Å². The molecule has 0 aliphatic carbocycles. The van der Waals surface area contributed by atoms with E-state index < -0.39 is 0 Å². The molecule has 0 bridgehead atoms. The van der Waals surface area contributed by atoms with Crippen LogP contribution in [0, 0.1) is 0 Å². The average molecular weight is 302 g/mol. The van der Waals surface area contributed by atoms with Crippen molar-refractivity contribution in [2.45, 2.75) is 0 Å². The molecule has 1 aliphatic rings. The van der Waals surface area contributed by atoms with Crippen LogP contribution in [0.15, 0.2) is 41.5 Å². The van der Waals surface area contributed by atoms with Gasteiger partial charge in [-0.1, -0.05) is 54.3 Å². The quantitative estimate of drug-likeness (QED) is 0.684. The number of hydrazone groups is 1. The third-order valence-electron chi connectivity index (χ3n) is 2.97. The standard InChI is InChI=1S/C14H10N2O2S2/c17-12-8-20-14(19)16(12)15-7-10-6-5-9-3-1-2-4-11(9)13(10)18/h1-7,18H,8H2/b15-7+. The topological polar surface area (TPSA) is 52.9 Å². The van der Waals surface area contributed by atoms with E-state index in [2.05, 4.69) is 5.10 Å². The van der Waals surface area contributed by atoms with Gasteiger partial charge in [0.25, 0.3) is 5.91 Å². The lowest BCUT2D eigenvalue weighted by Gasteiger charge is -2.08. The SMILES string of the molecule is O=C1CSC(=S)N1/N=C/c1ccc2ccccc2c1O. The van der Waals surface area contributed by atoms with E-state index in [1.807, 2.05) is 30.3 Å². The van der Waals surface area contributed by atoms with Crippen LogP contribution in [0.2, 0.25) is 0 Å². The first kappa shape index (κ1) is 13.1. The minimum atomic E-state index is -0.142. The molecular formula is C14H10N2O2S2. The van der Waals surface area contributed by atoms with Gasteiger partial charge in [-0.25, -0.2) is 0 Å². The summed E-state index contributed by atoms with van der Waals surface area (Å²) in [7, 11) is 0. The number of carbonyl (C=O) groups excluding carboxylic acids is 1. The molecule has 1 aliphatic heterocycles. The summed E-state index contributed by atoms with van der Waals surface area (Å²) in [6.45, 7) is 0. The average Bonchev–Trinajstić information content (AvgIpc) is 2.78. The monoisotopic (exact) mass is 302 g/mol. The van der Waals surface area contributed by atoms with Crippen LogP contribution in [-0.2, 0) is 4.79 Å². The molecule has 0 spiro atoms. The van der Waals surface area contributed by atoms with E-state index in [4.69, 9.17) is 12.2 Å². The van der Waals surface area contributed by atoms with Gasteiger partial charge < -0.3 is 5.11 Å². The number of phenols is 1. The molecule has 3 rings (SSSR count). The van der Waals surface area contributed by atoms with Crippen LogP contribution in [0.25, 0.3) is 10.8 Å². The number of aromatic hydroxyl groups is 1. The summed E-state index contributed by atoms with van der Waals surface area (Å²) in [5.41, 5.74) is 0.552. The summed E-state index contributed by atoms with van der Waals surface area (Å²) in [4.78, 5) is 11.5. The number of benzene rings is 2. The number of phenolic OH excluding ortho intramolecular Hbond substituents is 1. The Balaban J connectivity index is 1.97. The van der Waals surface area contributed by atoms with Gasteiger partial charge in [0.2, 0.25) is 0 Å². The van der Waals surface area contributed by atoms with E-state index in [1.165, 1.54) is 23.0 Å². The number of thioether (sulfide) groups is 1. The Morgan fingerprint density at radius 3 is 2.85 bits per heavy atom. The van der Waals surface area contributed by atoms with Crippen molar-refractivity contribution in [3.8, 4) is 5.75 Å². The van der Waals surface area contributed by atoms with Crippen LogP contribution < -0.4 is 0 Å². The normalized spacial score (nSPS) is 15.7. The predicted octanol–water partition coefficient (Wildman–Crippen LogP) is 2.74. The second-order valence-corrected chi connectivity index (χ2v) is 5.84. The van der Waals surface area contributed by atoms with Gasteiger partial charge >= 0.3 is 0 Å². The largest absolute Gasteiger partial charge is 0.507 e. The molecule has 1 saturated heterocycles. The van der Waals surface area contributed by atoms with E-state index in [0.717, 1.165) is 10.8 Å². The predicted molar refractivity (Wildman–Crippen MR) is 85.1 cm³/mol. The zero-order valence-corrected chi connectivity index (χ0v) is 11.9. The number of hydrogen-bond donors (Lipinski definition) is 1. The molecule has 2 aromatic rings. The first-order valence-electron chi connectivity index (χ1n) is 5.91. The summed E-state index contributed by atoms with van der Waals surface area (Å²) >= 11 is 6.32. The molecule has 1 fully saturated rings. The Hall–Kier alpha value is -1.92. The summed E-state index contributed by atoms with van der Waals surface area (Å²) in [6, 6.07) is 11.2. The molecular weight excluding hydrogens is 292 g/mol. The fraction of sp³-hybridized carbons (Fsp3) is 0.0714. The summed E-state index contributed by atoms with van der Waals surface area (Å²) < 4.78 is 0.437. The number of nitrogens with zero attached hydrogens (tertiary/aromatic N) is 2. The first-order valence-corrected chi connectivity index (χ1v) is 7.30. The van der Waals surface area contributed by atoms with E-state index in [0.29, 0.717) is 15.6 Å². The molecule has 0 radical (unpaired) electrons. The minimum Gasteiger partial charge on any atom is -0.507 e. The molecule has 2 aromatic carbocycles. The molecule has 100 valence electrons. The summed E-state index contributed by atoms with van der Waals surface area (Å²) in [6.07, 6.45) is 1.46. The third kappa shape index (κ3) is 2.28. The second-order valence-electron chi connectivity index (χ2n) is 4.23. The highest BCUT2D eigenvalue weighted by Crippen LogP contribution is 2.27. The molecule has 4 nitrogen and oxygen atoms in total. The highest BCUT2D eigenvalue weighted by Gasteiger charge is 2.26. The van der Waals surface area contributed by atoms with E-state index >= 15 is 0 Å². The number of hydrogen-bond acceptors (Lipinski definition) is 5. The van der Waals surface area contributed by atoms with Crippen molar-refractivity contribution < 1.29 is 9.90 Å². The van der Waals surface area contributed by atoms with Gasteiger partial charge in [-0.05, 0) is 11.5 Å². The Labute approximate surface area is 125 Å². The van der Waals surface area contributed by atoms with Crippen molar-refractivity contribution in [3.05, 3.63) is 42.0 Å². The van der Waals surface area contributed by atoms with Crippen LogP contribution >= 0.6 is 24.0 Å². The second kappa shape index (κ2) is 5.22. The van der Waals surface area contributed by atoms with Gasteiger partial charge in [-0.2, -0.15) is 10.1 Å².